The molecule has 19 heavy (non-hydrogen) atoms. The summed E-state index contributed by atoms with van der Waals surface area (Å²) in [5, 5.41) is 6.14. The molecule has 0 amide bonds. The van der Waals surface area contributed by atoms with E-state index in [1.165, 1.54) is 4.88 Å². The molecule has 2 aromatic rings. The zero-order valence-electron chi connectivity index (χ0n) is 10.5. The van der Waals surface area contributed by atoms with Crippen LogP contribution in [0.3, 0.4) is 0 Å². The van der Waals surface area contributed by atoms with Gasteiger partial charge in [-0.3, -0.25) is 0 Å². The summed E-state index contributed by atoms with van der Waals surface area (Å²) in [6, 6.07) is 10.1. The van der Waals surface area contributed by atoms with E-state index in [-0.39, 0.29) is 6.04 Å². The molecule has 0 spiro atoms. The summed E-state index contributed by atoms with van der Waals surface area (Å²) in [6.45, 7) is 2.14. The van der Waals surface area contributed by atoms with Gasteiger partial charge >= 0.3 is 0 Å². The van der Waals surface area contributed by atoms with E-state index < -0.39 is 0 Å². The molecule has 2 rings (SSSR count). The summed E-state index contributed by atoms with van der Waals surface area (Å²) < 4.78 is 0. The van der Waals surface area contributed by atoms with Crippen molar-refractivity contribution in [3.05, 3.63) is 51.2 Å². The highest BCUT2D eigenvalue weighted by molar-refractivity contribution is 7.80. The molecule has 1 heterocycles. The maximum absolute atomic E-state index is 6.17. The number of thiophene rings is 1. The Labute approximate surface area is 127 Å². The van der Waals surface area contributed by atoms with Crippen LogP contribution in [0.25, 0.3) is 0 Å². The smallest absolute Gasteiger partial charge is 0.107 e. The van der Waals surface area contributed by atoms with Crippen molar-refractivity contribution >= 4 is 45.8 Å². The zero-order chi connectivity index (χ0) is 13.8. The Morgan fingerprint density at radius 3 is 2.79 bits per heavy atom. The van der Waals surface area contributed by atoms with Crippen LogP contribution in [0.1, 0.15) is 29.8 Å². The third-order valence-corrected chi connectivity index (χ3v) is 4.39. The van der Waals surface area contributed by atoms with Gasteiger partial charge in [0, 0.05) is 10.6 Å². The predicted octanol–water partition coefficient (Wildman–Crippen LogP) is 4.60. The molecule has 0 aliphatic heterocycles. The Hall–Kier alpha value is -1.10. The van der Waals surface area contributed by atoms with Crippen molar-refractivity contribution in [3.63, 3.8) is 0 Å². The van der Waals surface area contributed by atoms with Gasteiger partial charge in [0.25, 0.3) is 0 Å². The van der Waals surface area contributed by atoms with Gasteiger partial charge < -0.3 is 11.1 Å². The molecule has 0 saturated heterocycles. The van der Waals surface area contributed by atoms with Crippen LogP contribution in [0, 0.1) is 0 Å². The van der Waals surface area contributed by atoms with Gasteiger partial charge in [0.1, 0.15) is 4.99 Å². The number of hydrogen-bond donors (Lipinski definition) is 2. The van der Waals surface area contributed by atoms with Crippen LogP contribution in [0.4, 0.5) is 5.69 Å². The largest absolute Gasteiger partial charge is 0.389 e. The molecule has 0 bridgehead atoms. The quantitative estimate of drug-likeness (QED) is 0.793. The summed E-state index contributed by atoms with van der Waals surface area (Å²) in [7, 11) is 0. The summed E-state index contributed by atoms with van der Waals surface area (Å²) in [4.78, 5) is 1.60. The van der Waals surface area contributed by atoms with Crippen LogP contribution in [0.5, 0.6) is 0 Å². The van der Waals surface area contributed by atoms with Crippen LogP contribution >= 0.6 is 35.2 Å². The Bertz CT molecular complexity index is 567. The topological polar surface area (TPSA) is 38.0 Å². The summed E-state index contributed by atoms with van der Waals surface area (Å²) in [6.07, 6.45) is 0.976. The van der Waals surface area contributed by atoms with E-state index in [4.69, 9.17) is 29.6 Å². The van der Waals surface area contributed by atoms with E-state index >= 15 is 0 Å². The lowest BCUT2D eigenvalue weighted by Gasteiger charge is -2.19. The minimum Gasteiger partial charge on any atom is -0.389 e. The van der Waals surface area contributed by atoms with Gasteiger partial charge in [-0.2, -0.15) is 0 Å². The van der Waals surface area contributed by atoms with Crippen molar-refractivity contribution in [3.8, 4) is 0 Å². The van der Waals surface area contributed by atoms with Crippen molar-refractivity contribution < 1.29 is 0 Å². The second kappa shape index (κ2) is 6.37. The molecular weight excluding hydrogens is 296 g/mol. The second-order valence-electron chi connectivity index (χ2n) is 4.15. The van der Waals surface area contributed by atoms with Crippen LogP contribution in [-0.4, -0.2) is 4.99 Å². The third-order valence-electron chi connectivity index (χ3n) is 2.88. The number of rotatable bonds is 5. The normalized spacial score (nSPS) is 12.1. The molecular formula is C14H15ClN2S2. The fourth-order valence-corrected chi connectivity index (χ4v) is 3.36. The zero-order valence-corrected chi connectivity index (χ0v) is 12.9. The van der Waals surface area contributed by atoms with Crippen LogP contribution in [-0.2, 0) is 0 Å². The van der Waals surface area contributed by atoms with E-state index in [0.717, 1.165) is 12.1 Å². The summed E-state index contributed by atoms with van der Waals surface area (Å²) in [5.41, 5.74) is 7.37. The Kier molecular flexibility index (Phi) is 4.80. The highest BCUT2D eigenvalue weighted by Gasteiger charge is 2.15. The molecule has 0 saturated carbocycles. The molecule has 0 aliphatic rings. The van der Waals surface area contributed by atoms with Gasteiger partial charge in [0.15, 0.2) is 0 Å². The maximum atomic E-state index is 6.17. The Morgan fingerprint density at radius 1 is 1.42 bits per heavy atom. The van der Waals surface area contributed by atoms with Gasteiger partial charge in [-0.05, 0) is 30.0 Å². The monoisotopic (exact) mass is 310 g/mol. The van der Waals surface area contributed by atoms with E-state index in [1.54, 1.807) is 17.4 Å². The van der Waals surface area contributed by atoms with Crippen molar-refractivity contribution in [2.45, 2.75) is 19.4 Å². The van der Waals surface area contributed by atoms with Crippen molar-refractivity contribution in [2.24, 2.45) is 5.73 Å². The minimum atomic E-state index is 0.242. The van der Waals surface area contributed by atoms with Gasteiger partial charge in [-0.15, -0.1) is 11.3 Å². The number of anilines is 1. The lowest BCUT2D eigenvalue weighted by Crippen LogP contribution is -2.16. The first-order valence-electron chi connectivity index (χ1n) is 6.01. The molecule has 1 aromatic carbocycles. The number of benzene rings is 1. The SMILES string of the molecule is CCC(Nc1cccc(Cl)c1C(N)=S)c1cccs1. The average molecular weight is 311 g/mol. The van der Waals surface area contributed by atoms with Gasteiger partial charge in [-0.25, -0.2) is 0 Å². The molecule has 5 heteroatoms. The fraction of sp³-hybridized carbons (Fsp3) is 0.214. The standard InChI is InChI=1S/C14H15ClN2S2/c1-2-10(12-7-4-8-19-12)17-11-6-3-5-9(15)13(11)14(16)18/h3-8,10,17H,2H2,1H3,(H2,16,18). The predicted molar refractivity (Wildman–Crippen MR) is 88.3 cm³/mol. The summed E-state index contributed by atoms with van der Waals surface area (Å²) in [5.74, 6) is 0. The summed E-state index contributed by atoms with van der Waals surface area (Å²) >= 11 is 13.0. The molecule has 1 unspecified atom stereocenters. The Balaban J connectivity index is 2.32. The highest BCUT2D eigenvalue weighted by Crippen LogP contribution is 2.30. The third kappa shape index (κ3) is 3.26. The first-order valence-corrected chi connectivity index (χ1v) is 7.68. The van der Waals surface area contributed by atoms with E-state index in [1.807, 2.05) is 12.1 Å². The number of halogens is 1. The minimum absolute atomic E-state index is 0.242. The fourth-order valence-electron chi connectivity index (χ4n) is 1.95. The highest BCUT2D eigenvalue weighted by atomic mass is 35.5. The lowest BCUT2D eigenvalue weighted by molar-refractivity contribution is 0.764. The van der Waals surface area contributed by atoms with Crippen LogP contribution < -0.4 is 11.1 Å². The van der Waals surface area contributed by atoms with E-state index in [9.17, 15) is 0 Å². The number of hydrogen-bond acceptors (Lipinski definition) is 3. The molecule has 0 aliphatic carbocycles. The number of thiocarbonyl (C=S) groups is 1. The molecule has 1 aromatic heterocycles. The number of nitrogens with one attached hydrogen (secondary N) is 1. The molecule has 3 N–H and O–H groups in total. The van der Waals surface area contributed by atoms with Crippen LogP contribution in [0.2, 0.25) is 5.02 Å². The first kappa shape index (κ1) is 14.3. The molecule has 1 atom stereocenters. The second-order valence-corrected chi connectivity index (χ2v) is 5.97. The Morgan fingerprint density at radius 2 is 2.21 bits per heavy atom. The van der Waals surface area contributed by atoms with Crippen LogP contribution in [0.15, 0.2) is 35.7 Å². The van der Waals surface area contributed by atoms with Crippen molar-refractivity contribution in [1.82, 2.24) is 0 Å². The molecule has 0 fully saturated rings. The molecule has 0 radical (unpaired) electrons. The lowest BCUT2D eigenvalue weighted by atomic mass is 10.1. The molecule has 2 nitrogen and oxygen atoms in total. The average Bonchev–Trinajstić information content (AvgIpc) is 2.89. The maximum Gasteiger partial charge on any atom is 0.107 e. The van der Waals surface area contributed by atoms with E-state index in [2.05, 4.69) is 29.8 Å². The molecule has 100 valence electrons. The first-order chi connectivity index (χ1) is 9.13. The van der Waals surface area contributed by atoms with Gasteiger partial charge in [0.2, 0.25) is 0 Å². The van der Waals surface area contributed by atoms with E-state index in [0.29, 0.717) is 15.6 Å². The van der Waals surface area contributed by atoms with Crippen molar-refractivity contribution in [1.29, 1.82) is 0 Å². The van der Waals surface area contributed by atoms with Crippen molar-refractivity contribution in [2.75, 3.05) is 5.32 Å². The van der Waals surface area contributed by atoms with Gasteiger partial charge in [-0.1, -0.05) is 42.9 Å². The number of nitrogens with two attached hydrogens (primary N) is 1. The van der Waals surface area contributed by atoms with Gasteiger partial charge in [0.05, 0.1) is 16.6 Å².